The lowest BCUT2D eigenvalue weighted by atomic mass is 9.67. The Morgan fingerprint density at radius 2 is 2.11 bits per heavy atom. The number of aliphatic hydroxyl groups is 1. The second-order valence-corrected chi connectivity index (χ2v) is 8.67. The molecule has 2 amide bonds. The Morgan fingerprint density at radius 3 is 3.00 bits per heavy atom. The van der Waals surface area contributed by atoms with Crippen LogP contribution < -0.4 is 15.4 Å². The number of nitrogens with one attached hydrogen (secondary N) is 2. The van der Waals surface area contributed by atoms with E-state index in [1.807, 2.05) is 6.07 Å². The number of amides is 2. The summed E-state index contributed by atoms with van der Waals surface area (Å²) in [6.45, 7) is 2.63. The predicted molar refractivity (Wildman–Crippen MR) is 105 cm³/mol. The number of aliphatic hydroxyl groups excluding tert-OH is 1. The zero-order chi connectivity index (χ0) is 18.8. The minimum Gasteiger partial charge on any atom is -0.488 e. The first-order chi connectivity index (χ1) is 13.1. The lowest BCUT2D eigenvalue weighted by Crippen LogP contribution is -2.52. The van der Waals surface area contributed by atoms with Crippen molar-refractivity contribution in [2.45, 2.75) is 76.5 Å². The number of aryl methyl sites for hydroxylation is 2. The van der Waals surface area contributed by atoms with Gasteiger partial charge in [0.15, 0.2) is 0 Å². The minimum absolute atomic E-state index is 0.0292. The van der Waals surface area contributed by atoms with Crippen LogP contribution >= 0.6 is 0 Å². The highest BCUT2D eigenvalue weighted by atomic mass is 16.5. The highest BCUT2D eigenvalue weighted by Crippen LogP contribution is 2.40. The first-order valence-electron chi connectivity index (χ1n) is 10.6. The van der Waals surface area contributed by atoms with Crippen molar-refractivity contribution >= 4 is 6.03 Å². The average molecular weight is 373 g/mol. The fraction of sp³-hybridized carbons (Fsp3) is 0.682. The number of carbonyl (C=O) groups is 1. The summed E-state index contributed by atoms with van der Waals surface area (Å²) in [6.07, 6.45) is 8.03. The Morgan fingerprint density at radius 1 is 1.22 bits per heavy atom. The van der Waals surface area contributed by atoms with Crippen LogP contribution in [0.25, 0.3) is 0 Å². The van der Waals surface area contributed by atoms with Crippen LogP contribution in [0, 0.1) is 18.8 Å². The van der Waals surface area contributed by atoms with Crippen molar-refractivity contribution in [2.75, 3.05) is 6.54 Å². The van der Waals surface area contributed by atoms with Crippen LogP contribution in [0.1, 0.15) is 56.1 Å². The molecule has 1 heterocycles. The minimum atomic E-state index is -0.198. The molecule has 2 aliphatic carbocycles. The summed E-state index contributed by atoms with van der Waals surface area (Å²) in [6, 6.07) is 6.38. The molecule has 4 rings (SSSR count). The third-order valence-electron chi connectivity index (χ3n) is 6.68. The molecule has 0 aromatic heterocycles. The molecule has 1 aliphatic heterocycles. The summed E-state index contributed by atoms with van der Waals surface area (Å²) < 4.78 is 6.05. The first-order valence-corrected chi connectivity index (χ1v) is 10.6. The number of fused-ring (bicyclic) bond motifs is 2. The van der Waals surface area contributed by atoms with Crippen LogP contribution in [0.3, 0.4) is 0 Å². The second kappa shape index (κ2) is 8.09. The van der Waals surface area contributed by atoms with Crippen molar-refractivity contribution in [2.24, 2.45) is 11.8 Å². The van der Waals surface area contributed by atoms with Crippen molar-refractivity contribution < 1.29 is 14.6 Å². The average Bonchev–Trinajstić information content (AvgIpc) is 2.67. The van der Waals surface area contributed by atoms with Crippen molar-refractivity contribution in [1.29, 1.82) is 0 Å². The van der Waals surface area contributed by atoms with Crippen LogP contribution in [0.4, 0.5) is 4.79 Å². The zero-order valence-electron chi connectivity index (χ0n) is 16.2. The standard InChI is InChI=1S/C22H32N2O3/c1-14-5-10-21-16(11-14)7-9-18(27-21)13-23-22(26)24-20-4-2-3-15-6-8-17(25)12-19(15)20/h5,10-11,15,17-20,25H,2-4,6-9,12-13H2,1H3,(H2,23,24,26). The van der Waals surface area contributed by atoms with E-state index in [0.29, 0.717) is 18.4 Å². The molecule has 0 saturated heterocycles. The molecule has 5 heteroatoms. The van der Waals surface area contributed by atoms with E-state index in [1.165, 1.54) is 24.0 Å². The topological polar surface area (TPSA) is 70.6 Å². The molecular formula is C22H32N2O3. The Hall–Kier alpha value is -1.75. The zero-order valence-corrected chi connectivity index (χ0v) is 16.2. The van der Waals surface area contributed by atoms with Gasteiger partial charge in [-0.15, -0.1) is 0 Å². The van der Waals surface area contributed by atoms with Gasteiger partial charge in [0.2, 0.25) is 0 Å². The quantitative estimate of drug-likeness (QED) is 0.762. The molecule has 27 heavy (non-hydrogen) atoms. The number of hydrogen-bond donors (Lipinski definition) is 3. The smallest absolute Gasteiger partial charge is 0.315 e. The van der Waals surface area contributed by atoms with Gasteiger partial charge in [-0.05, 0) is 68.9 Å². The summed E-state index contributed by atoms with van der Waals surface area (Å²) in [7, 11) is 0. The summed E-state index contributed by atoms with van der Waals surface area (Å²) in [5, 5.41) is 16.2. The van der Waals surface area contributed by atoms with Crippen molar-refractivity contribution in [1.82, 2.24) is 10.6 Å². The largest absolute Gasteiger partial charge is 0.488 e. The molecule has 2 fully saturated rings. The maximum Gasteiger partial charge on any atom is 0.315 e. The van der Waals surface area contributed by atoms with E-state index >= 15 is 0 Å². The van der Waals surface area contributed by atoms with Gasteiger partial charge in [0, 0.05) is 6.04 Å². The van der Waals surface area contributed by atoms with Crippen LogP contribution in [-0.4, -0.2) is 35.9 Å². The third kappa shape index (κ3) is 4.40. The van der Waals surface area contributed by atoms with Gasteiger partial charge in [-0.3, -0.25) is 0 Å². The normalized spacial score (nSPS) is 32.6. The van der Waals surface area contributed by atoms with Crippen LogP contribution in [0.2, 0.25) is 0 Å². The number of carbonyl (C=O) groups excluding carboxylic acids is 1. The van der Waals surface area contributed by atoms with Crippen molar-refractivity contribution in [3.05, 3.63) is 29.3 Å². The lowest BCUT2D eigenvalue weighted by Gasteiger charge is -2.43. The number of urea groups is 1. The molecule has 5 atom stereocenters. The summed E-state index contributed by atoms with van der Waals surface area (Å²) in [5.41, 5.74) is 2.52. The van der Waals surface area contributed by atoms with E-state index in [2.05, 4.69) is 29.7 Å². The van der Waals surface area contributed by atoms with Gasteiger partial charge in [0.05, 0.1) is 12.6 Å². The molecule has 0 spiro atoms. The Balaban J connectivity index is 1.27. The predicted octanol–water partition coefficient (Wildman–Crippen LogP) is 3.32. The molecule has 5 unspecified atom stereocenters. The van der Waals surface area contributed by atoms with Gasteiger partial charge in [-0.1, -0.05) is 30.5 Å². The van der Waals surface area contributed by atoms with E-state index in [0.717, 1.165) is 44.3 Å². The lowest BCUT2D eigenvalue weighted by molar-refractivity contribution is 0.0334. The van der Waals surface area contributed by atoms with Gasteiger partial charge in [-0.2, -0.15) is 0 Å². The summed E-state index contributed by atoms with van der Waals surface area (Å²) in [4.78, 5) is 12.5. The SMILES string of the molecule is Cc1ccc2c(c1)CCC(CNC(=O)NC1CCCC3CCC(O)CC31)O2. The van der Waals surface area contributed by atoms with Gasteiger partial charge >= 0.3 is 6.03 Å². The van der Waals surface area contributed by atoms with E-state index in [9.17, 15) is 9.90 Å². The van der Waals surface area contributed by atoms with Crippen LogP contribution in [-0.2, 0) is 6.42 Å². The van der Waals surface area contributed by atoms with Crippen molar-refractivity contribution in [3.63, 3.8) is 0 Å². The van der Waals surface area contributed by atoms with Gasteiger partial charge in [0.1, 0.15) is 11.9 Å². The molecule has 3 aliphatic rings. The fourth-order valence-corrected chi connectivity index (χ4v) is 5.23. The Bertz CT molecular complexity index is 678. The van der Waals surface area contributed by atoms with E-state index in [-0.39, 0.29) is 24.3 Å². The fourth-order valence-electron chi connectivity index (χ4n) is 5.23. The van der Waals surface area contributed by atoms with Gasteiger partial charge in [0.25, 0.3) is 0 Å². The molecule has 148 valence electrons. The van der Waals surface area contributed by atoms with Crippen LogP contribution in [0.15, 0.2) is 18.2 Å². The number of hydrogen-bond acceptors (Lipinski definition) is 3. The molecule has 5 nitrogen and oxygen atoms in total. The maximum atomic E-state index is 12.5. The molecule has 1 aromatic rings. The highest BCUT2D eigenvalue weighted by Gasteiger charge is 2.38. The molecule has 3 N–H and O–H groups in total. The third-order valence-corrected chi connectivity index (χ3v) is 6.68. The molecule has 1 aromatic carbocycles. The Kier molecular flexibility index (Phi) is 5.58. The van der Waals surface area contributed by atoms with Crippen molar-refractivity contribution in [3.8, 4) is 5.75 Å². The molecule has 2 saturated carbocycles. The number of rotatable bonds is 3. The second-order valence-electron chi connectivity index (χ2n) is 8.67. The van der Waals surface area contributed by atoms with E-state index < -0.39 is 0 Å². The highest BCUT2D eigenvalue weighted by molar-refractivity contribution is 5.74. The number of ether oxygens (including phenoxy) is 1. The van der Waals surface area contributed by atoms with E-state index in [4.69, 9.17) is 4.74 Å². The number of benzene rings is 1. The monoisotopic (exact) mass is 372 g/mol. The molecular weight excluding hydrogens is 340 g/mol. The molecule has 0 bridgehead atoms. The first kappa shape index (κ1) is 18.6. The van der Waals surface area contributed by atoms with Gasteiger partial charge < -0.3 is 20.5 Å². The summed E-state index contributed by atoms with van der Waals surface area (Å²) >= 11 is 0. The van der Waals surface area contributed by atoms with Crippen LogP contribution in [0.5, 0.6) is 5.75 Å². The molecule has 0 radical (unpaired) electrons. The summed E-state index contributed by atoms with van der Waals surface area (Å²) in [5.74, 6) is 2.04. The van der Waals surface area contributed by atoms with Gasteiger partial charge in [-0.25, -0.2) is 4.79 Å². The Labute approximate surface area is 161 Å². The maximum absolute atomic E-state index is 12.5. The van der Waals surface area contributed by atoms with E-state index in [1.54, 1.807) is 0 Å².